The molecule has 0 bridgehead atoms. The number of unbranched alkanes of at least 4 members (excludes halogenated alkanes) is 1. The summed E-state index contributed by atoms with van der Waals surface area (Å²) in [7, 11) is 1.34. The van der Waals surface area contributed by atoms with Crippen LogP contribution in [0.4, 0.5) is 0 Å². The molecule has 0 radical (unpaired) electrons. The molecule has 0 fully saturated rings. The Bertz CT molecular complexity index is 1340. The van der Waals surface area contributed by atoms with Crippen LogP contribution in [0.25, 0.3) is 21.3 Å². The van der Waals surface area contributed by atoms with Crippen molar-refractivity contribution in [1.29, 1.82) is 0 Å². The fourth-order valence-electron chi connectivity index (χ4n) is 3.29. The number of benzene rings is 2. The number of fused-ring (bicyclic) bond motifs is 2. The van der Waals surface area contributed by atoms with Crippen LogP contribution in [-0.2, 0) is 22.5 Å². The number of hydrogen-bond donors (Lipinski definition) is 0. The number of carbonyl (C=O) groups excluding carboxylic acids is 2. The van der Waals surface area contributed by atoms with Gasteiger partial charge in [0.25, 0.3) is 5.91 Å². The Hall–Kier alpha value is -3.39. The number of para-hydroxylation sites is 2. The molecule has 4 rings (SSSR count). The molecule has 0 unspecified atom stereocenters. The number of methoxy groups -OCH3 is 1. The number of hydrogen-bond acceptors (Lipinski definition) is 6. The highest BCUT2D eigenvalue weighted by Crippen LogP contribution is 2.21. The van der Waals surface area contributed by atoms with E-state index in [4.69, 9.17) is 4.74 Å². The molecule has 158 valence electrons. The smallest absolute Gasteiger partial charge is 0.325 e. The topological polar surface area (TPSA) is 86.4 Å². The summed E-state index contributed by atoms with van der Waals surface area (Å²) >= 11 is 1.37. The number of aromatic nitrogens is 3. The van der Waals surface area contributed by atoms with Crippen molar-refractivity contribution < 1.29 is 14.3 Å². The van der Waals surface area contributed by atoms with Gasteiger partial charge in [-0.1, -0.05) is 42.9 Å². The standard InChI is InChI=1S/C23H22N4O3S/c1-3-4-7-15-10-11-19-20(12-15)31-23(27(19)14-21(28)30-2)26-22(29)18-13-24-16-8-5-6-9-17(16)25-18/h5-6,8-13H,3-4,7,14H2,1-2H3. The molecule has 31 heavy (non-hydrogen) atoms. The summed E-state index contributed by atoms with van der Waals surface area (Å²) < 4.78 is 7.51. The first-order chi connectivity index (χ1) is 15.1. The van der Waals surface area contributed by atoms with Crippen LogP contribution in [0.3, 0.4) is 0 Å². The molecule has 0 spiro atoms. The second-order valence-electron chi connectivity index (χ2n) is 7.11. The minimum absolute atomic E-state index is 0.0275. The second kappa shape index (κ2) is 9.18. The summed E-state index contributed by atoms with van der Waals surface area (Å²) in [6.45, 7) is 2.13. The van der Waals surface area contributed by atoms with Crippen LogP contribution >= 0.6 is 11.3 Å². The highest BCUT2D eigenvalue weighted by molar-refractivity contribution is 7.16. The number of aryl methyl sites for hydroxylation is 1. The van der Waals surface area contributed by atoms with Crippen LogP contribution in [0, 0.1) is 0 Å². The van der Waals surface area contributed by atoms with E-state index in [1.165, 1.54) is 30.2 Å². The fourth-order valence-corrected chi connectivity index (χ4v) is 4.38. The SMILES string of the molecule is CCCCc1ccc2c(c1)sc(=NC(=O)c1cnc3ccccc3n1)n2CC(=O)OC. The monoisotopic (exact) mass is 434 g/mol. The van der Waals surface area contributed by atoms with E-state index in [-0.39, 0.29) is 12.2 Å². The molecule has 8 heteroatoms. The third-order valence-corrected chi connectivity index (χ3v) is 5.99. The van der Waals surface area contributed by atoms with Gasteiger partial charge in [0.15, 0.2) is 4.80 Å². The predicted molar refractivity (Wildman–Crippen MR) is 120 cm³/mol. The highest BCUT2D eigenvalue weighted by Gasteiger charge is 2.14. The first-order valence-electron chi connectivity index (χ1n) is 10.1. The summed E-state index contributed by atoms with van der Waals surface area (Å²) in [5.74, 6) is -0.913. The maximum Gasteiger partial charge on any atom is 0.325 e. The van der Waals surface area contributed by atoms with Gasteiger partial charge in [-0.05, 0) is 42.7 Å². The van der Waals surface area contributed by atoms with E-state index in [9.17, 15) is 9.59 Å². The molecular formula is C23H22N4O3S. The lowest BCUT2D eigenvalue weighted by Crippen LogP contribution is -2.22. The average Bonchev–Trinajstić information content (AvgIpc) is 3.13. The molecule has 1 amide bonds. The van der Waals surface area contributed by atoms with Crippen LogP contribution in [0.15, 0.2) is 53.7 Å². The molecule has 0 saturated carbocycles. The lowest BCUT2D eigenvalue weighted by atomic mass is 10.1. The number of rotatable bonds is 6. The number of thiazole rings is 1. The molecule has 7 nitrogen and oxygen atoms in total. The van der Waals surface area contributed by atoms with E-state index in [1.807, 2.05) is 24.3 Å². The summed E-state index contributed by atoms with van der Waals surface area (Å²) in [6.07, 6.45) is 4.64. The number of esters is 1. The zero-order chi connectivity index (χ0) is 21.8. The van der Waals surface area contributed by atoms with Gasteiger partial charge >= 0.3 is 5.97 Å². The number of amides is 1. The van der Waals surface area contributed by atoms with E-state index in [1.54, 1.807) is 10.6 Å². The van der Waals surface area contributed by atoms with Crippen LogP contribution < -0.4 is 4.80 Å². The number of nitrogens with zero attached hydrogens (tertiary/aromatic N) is 4. The average molecular weight is 435 g/mol. The zero-order valence-corrected chi connectivity index (χ0v) is 18.2. The van der Waals surface area contributed by atoms with Crippen molar-refractivity contribution in [2.24, 2.45) is 4.99 Å². The number of carbonyl (C=O) groups is 2. The maximum absolute atomic E-state index is 12.9. The Balaban J connectivity index is 1.78. The Labute approximate surface area is 183 Å². The third kappa shape index (κ3) is 4.54. The van der Waals surface area contributed by atoms with Gasteiger partial charge in [-0.25, -0.2) is 4.98 Å². The largest absolute Gasteiger partial charge is 0.468 e. The molecule has 2 aromatic carbocycles. The second-order valence-corrected chi connectivity index (χ2v) is 8.12. The van der Waals surface area contributed by atoms with Crippen LogP contribution in [0.5, 0.6) is 0 Å². The van der Waals surface area contributed by atoms with Crippen molar-refractivity contribution in [2.45, 2.75) is 32.7 Å². The molecule has 4 aromatic rings. The van der Waals surface area contributed by atoms with Crippen molar-refractivity contribution in [3.8, 4) is 0 Å². The molecule has 0 aliphatic heterocycles. The van der Waals surface area contributed by atoms with Gasteiger partial charge in [0, 0.05) is 0 Å². The van der Waals surface area contributed by atoms with E-state index in [2.05, 4.69) is 34.0 Å². The minimum atomic E-state index is -0.505. The molecule has 2 aromatic heterocycles. The van der Waals surface area contributed by atoms with Gasteiger partial charge in [-0.15, -0.1) is 0 Å². The van der Waals surface area contributed by atoms with Gasteiger partial charge in [0.05, 0.1) is 34.6 Å². The molecule has 2 heterocycles. The first-order valence-corrected chi connectivity index (χ1v) is 10.9. The van der Waals surface area contributed by atoms with Gasteiger partial charge in [0.1, 0.15) is 12.2 Å². The summed E-state index contributed by atoms with van der Waals surface area (Å²) in [4.78, 5) is 38.2. The van der Waals surface area contributed by atoms with Crippen molar-refractivity contribution in [3.05, 3.63) is 64.7 Å². The molecule has 0 atom stereocenters. The highest BCUT2D eigenvalue weighted by atomic mass is 32.1. The third-order valence-electron chi connectivity index (χ3n) is 4.95. The van der Waals surface area contributed by atoms with Crippen LogP contribution in [-0.4, -0.2) is 33.5 Å². The lowest BCUT2D eigenvalue weighted by Gasteiger charge is -2.05. The van der Waals surface area contributed by atoms with Gasteiger partial charge in [-0.2, -0.15) is 4.99 Å². The van der Waals surface area contributed by atoms with E-state index in [0.29, 0.717) is 15.8 Å². The van der Waals surface area contributed by atoms with Crippen molar-refractivity contribution in [1.82, 2.24) is 14.5 Å². The maximum atomic E-state index is 12.9. The Morgan fingerprint density at radius 3 is 2.74 bits per heavy atom. The normalized spacial score (nSPS) is 11.9. The summed E-state index contributed by atoms with van der Waals surface area (Å²) in [5, 5.41) is 0. The predicted octanol–water partition coefficient (Wildman–Crippen LogP) is 3.90. The Morgan fingerprint density at radius 2 is 1.97 bits per heavy atom. The van der Waals surface area contributed by atoms with E-state index >= 15 is 0 Å². The summed E-state index contributed by atoms with van der Waals surface area (Å²) in [5.41, 5.74) is 3.56. The van der Waals surface area contributed by atoms with Crippen molar-refractivity contribution in [2.75, 3.05) is 7.11 Å². The van der Waals surface area contributed by atoms with Crippen molar-refractivity contribution in [3.63, 3.8) is 0 Å². The molecule has 0 N–H and O–H groups in total. The van der Waals surface area contributed by atoms with Gasteiger partial charge in [0.2, 0.25) is 0 Å². The molecule has 0 aliphatic carbocycles. The number of ether oxygens (including phenoxy) is 1. The molecular weight excluding hydrogens is 412 g/mol. The molecule has 0 saturated heterocycles. The van der Waals surface area contributed by atoms with E-state index in [0.717, 1.165) is 29.5 Å². The summed E-state index contributed by atoms with van der Waals surface area (Å²) in [6, 6.07) is 13.5. The fraction of sp³-hybridized carbons (Fsp3) is 0.261. The molecule has 0 aliphatic rings. The van der Waals surface area contributed by atoms with Gasteiger partial charge in [-0.3, -0.25) is 14.6 Å². The quantitative estimate of drug-likeness (QED) is 0.430. The van der Waals surface area contributed by atoms with E-state index < -0.39 is 11.9 Å². The zero-order valence-electron chi connectivity index (χ0n) is 17.4. The Kier molecular flexibility index (Phi) is 6.18. The van der Waals surface area contributed by atoms with Crippen LogP contribution in [0.1, 0.15) is 35.8 Å². The van der Waals surface area contributed by atoms with Gasteiger partial charge < -0.3 is 9.30 Å². The minimum Gasteiger partial charge on any atom is -0.468 e. The van der Waals surface area contributed by atoms with Crippen LogP contribution in [0.2, 0.25) is 0 Å². The Morgan fingerprint density at radius 1 is 1.16 bits per heavy atom. The van der Waals surface area contributed by atoms with Crippen molar-refractivity contribution >= 4 is 44.5 Å². The first kappa shape index (κ1) is 20.9. The lowest BCUT2D eigenvalue weighted by molar-refractivity contribution is -0.141.